The second kappa shape index (κ2) is 5.48. The summed E-state index contributed by atoms with van der Waals surface area (Å²) in [4.78, 5) is 0. The smallest absolute Gasteiger partial charge is 0.470 e. The Morgan fingerprint density at radius 2 is 2.19 bits per heavy atom. The van der Waals surface area contributed by atoms with Crippen molar-refractivity contribution >= 4 is 28.4 Å². The zero-order chi connectivity index (χ0) is 12.2. The molecule has 1 rings (SSSR count). The molecule has 9 heteroatoms. The normalized spacial score (nSPS) is 11.5. The maximum Gasteiger partial charge on any atom is 0.470 e. The molecule has 1 aromatic heterocycles. The fourth-order valence-electron chi connectivity index (χ4n) is 0.707. The van der Waals surface area contributed by atoms with Crippen molar-refractivity contribution in [1.82, 2.24) is 10.2 Å². The molecule has 0 spiro atoms. The van der Waals surface area contributed by atoms with Gasteiger partial charge in [0, 0.05) is 0 Å². The van der Waals surface area contributed by atoms with Crippen LogP contribution in [-0.2, 0) is 16.7 Å². The summed E-state index contributed by atoms with van der Waals surface area (Å²) in [6, 6.07) is 0. The van der Waals surface area contributed by atoms with E-state index in [1.807, 2.05) is 0 Å². The molecule has 0 saturated carbocycles. The van der Waals surface area contributed by atoms with Crippen LogP contribution in [-0.4, -0.2) is 21.2 Å². The standard InChI is InChI=1S/C7H7F3N2O2S2/c1-2-13-6(15)16-3-4-11-12-5(14-4)7(8,9)10/h2-3H2,1H3. The van der Waals surface area contributed by atoms with Crippen LogP contribution in [0.25, 0.3) is 0 Å². The summed E-state index contributed by atoms with van der Waals surface area (Å²) < 4.78 is 45.7. The molecule has 16 heavy (non-hydrogen) atoms. The average molecular weight is 272 g/mol. The van der Waals surface area contributed by atoms with Gasteiger partial charge in [0.05, 0.1) is 12.4 Å². The molecule has 0 aliphatic rings. The van der Waals surface area contributed by atoms with Gasteiger partial charge in [-0.25, -0.2) is 0 Å². The van der Waals surface area contributed by atoms with Gasteiger partial charge in [0.25, 0.3) is 0 Å². The first-order valence-electron chi connectivity index (χ1n) is 4.12. The number of aromatic nitrogens is 2. The molecule has 0 N–H and O–H groups in total. The first-order chi connectivity index (χ1) is 7.43. The predicted octanol–water partition coefficient (Wildman–Crippen LogP) is 2.64. The van der Waals surface area contributed by atoms with Crippen LogP contribution in [0, 0.1) is 0 Å². The number of thioether (sulfide) groups is 1. The van der Waals surface area contributed by atoms with Gasteiger partial charge in [-0.05, 0) is 19.1 Å². The van der Waals surface area contributed by atoms with Crippen molar-refractivity contribution in [3.05, 3.63) is 11.8 Å². The Labute approximate surface area is 98.6 Å². The molecule has 0 fully saturated rings. The van der Waals surface area contributed by atoms with E-state index in [0.717, 1.165) is 11.8 Å². The van der Waals surface area contributed by atoms with Crippen LogP contribution in [0.5, 0.6) is 0 Å². The predicted molar refractivity (Wildman–Crippen MR) is 54.8 cm³/mol. The van der Waals surface area contributed by atoms with Gasteiger partial charge >= 0.3 is 12.1 Å². The summed E-state index contributed by atoms with van der Waals surface area (Å²) in [7, 11) is 0. The first kappa shape index (κ1) is 13.2. The lowest BCUT2D eigenvalue weighted by atomic mass is 10.7. The number of hydrogen-bond donors (Lipinski definition) is 0. The van der Waals surface area contributed by atoms with Crippen LogP contribution in [0.1, 0.15) is 18.7 Å². The zero-order valence-corrected chi connectivity index (χ0v) is 9.71. The molecule has 0 saturated heterocycles. The van der Waals surface area contributed by atoms with Crippen LogP contribution in [0.4, 0.5) is 13.2 Å². The Balaban J connectivity index is 2.50. The van der Waals surface area contributed by atoms with Crippen LogP contribution in [0.15, 0.2) is 4.42 Å². The number of nitrogens with zero attached hydrogens (tertiary/aromatic N) is 2. The number of alkyl halides is 3. The van der Waals surface area contributed by atoms with Crippen molar-refractivity contribution in [3.63, 3.8) is 0 Å². The van der Waals surface area contributed by atoms with E-state index in [1.54, 1.807) is 6.92 Å². The molecular weight excluding hydrogens is 265 g/mol. The third-order valence-corrected chi connectivity index (χ3v) is 2.50. The molecule has 90 valence electrons. The van der Waals surface area contributed by atoms with E-state index >= 15 is 0 Å². The summed E-state index contributed by atoms with van der Waals surface area (Å²) in [5.74, 6) is -1.44. The van der Waals surface area contributed by atoms with Crippen molar-refractivity contribution in [1.29, 1.82) is 0 Å². The zero-order valence-electron chi connectivity index (χ0n) is 8.08. The van der Waals surface area contributed by atoms with E-state index in [4.69, 9.17) is 17.0 Å². The van der Waals surface area contributed by atoms with Gasteiger partial charge in [-0.15, -0.1) is 10.2 Å². The van der Waals surface area contributed by atoms with E-state index in [1.165, 1.54) is 0 Å². The van der Waals surface area contributed by atoms with Crippen LogP contribution in [0.3, 0.4) is 0 Å². The number of ether oxygens (including phenoxy) is 1. The van der Waals surface area contributed by atoms with E-state index in [0.29, 0.717) is 6.61 Å². The lowest BCUT2D eigenvalue weighted by molar-refractivity contribution is -0.157. The third-order valence-electron chi connectivity index (χ3n) is 1.29. The van der Waals surface area contributed by atoms with Crippen molar-refractivity contribution < 1.29 is 22.3 Å². The van der Waals surface area contributed by atoms with Crippen LogP contribution in [0.2, 0.25) is 0 Å². The Morgan fingerprint density at radius 1 is 1.50 bits per heavy atom. The number of rotatable bonds is 3. The minimum Gasteiger partial charge on any atom is -0.479 e. The second-order valence-corrected chi connectivity index (χ2v) is 4.05. The Bertz CT molecular complexity index is 367. The minimum atomic E-state index is -4.61. The van der Waals surface area contributed by atoms with Gasteiger partial charge in [0.1, 0.15) is 0 Å². The molecule has 0 aromatic carbocycles. The van der Waals surface area contributed by atoms with E-state index in [-0.39, 0.29) is 16.0 Å². The highest BCUT2D eigenvalue weighted by molar-refractivity contribution is 8.22. The van der Waals surface area contributed by atoms with Crippen LogP contribution < -0.4 is 0 Å². The number of halogens is 3. The average Bonchev–Trinajstić information content (AvgIpc) is 2.63. The molecule has 0 aliphatic heterocycles. The fourth-order valence-corrected chi connectivity index (χ4v) is 1.56. The highest BCUT2D eigenvalue weighted by Crippen LogP contribution is 2.28. The molecular formula is C7H7F3N2O2S2. The van der Waals surface area contributed by atoms with Gasteiger partial charge in [-0.2, -0.15) is 13.2 Å². The van der Waals surface area contributed by atoms with E-state index in [2.05, 4.69) is 14.6 Å². The van der Waals surface area contributed by atoms with Crippen molar-refractivity contribution in [2.75, 3.05) is 6.61 Å². The third kappa shape index (κ3) is 3.97. The second-order valence-electron chi connectivity index (χ2n) is 2.47. The van der Waals surface area contributed by atoms with Gasteiger partial charge in [-0.1, -0.05) is 11.8 Å². The molecule has 0 unspecified atom stereocenters. The quantitative estimate of drug-likeness (QED) is 0.788. The summed E-state index contributed by atoms with van der Waals surface area (Å²) >= 11 is 5.78. The summed E-state index contributed by atoms with van der Waals surface area (Å²) in [6.07, 6.45) is -4.61. The molecule has 4 nitrogen and oxygen atoms in total. The highest BCUT2D eigenvalue weighted by Gasteiger charge is 2.38. The molecule has 1 heterocycles. The van der Waals surface area contributed by atoms with E-state index < -0.39 is 12.1 Å². The van der Waals surface area contributed by atoms with Crippen molar-refractivity contribution in [2.45, 2.75) is 18.9 Å². The Hall–Kier alpha value is -0.830. The van der Waals surface area contributed by atoms with Gasteiger partial charge in [0.15, 0.2) is 0 Å². The van der Waals surface area contributed by atoms with Gasteiger partial charge < -0.3 is 9.15 Å². The summed E-state index contributed by atoms with van der Waals surface area (Å²) in [6.45, 7) is 2.16. The molecule has 0 amide bonds. The minimum absolute atomic E-state index is 0.0575. The lowest BCUT2D eigenvalue weighted by Crippen LogP contribution is -2.04. The van der Waals surface area contributed by atoms with Gasteiger partial charge in [-0.3, -0.25) is 0 Å². The number of hydrogen-bond acceptors (Lipinski definition) is 6. The Morgan fingerprint density at radius 3 is 2.69 bits per heavy atom. The van der Waals surface area contributed by atoms with Crippen LogP contribution >= 0.6 is 24.0 Å². The maximum atomic E-state index is 12.1. The monoisotopic (exact) mass is 272 g/mol. The highest BCUT2D eigenvalue weighted by atomic mass is 32.2. The van der Waals surface area contributed by atoms with E-state index in [9.17, 15) is 13.2 Å². The first-order valence-corrected chi connectivity index (χ1v) is 5.52. The topological polar surface area (TPSA) is 48.2 Å². The molecule has 0 radical (unpaired) electrons. The van der Waals surface area contributed by atoms with Crippen molar-refractivity contribution in [2.24, 2.45) is 0 Å². The van der Waals surface area contributed by atoms with Crippen molar-refractivity contribution in [3.8, 4) is 0 Å². The Kier molecular flexibility index (Phi) is 4.54. The molecule has 0 bridgehead atoms. The molecule has 0 atom stereocenters. The fraction of sp³-hybridized carbons (Fsp3) is 0.571. The summed E-state index contributed by atoms with van der Waals surface area (Å²) in [5, 5.41) is 6.11. The van der Waals surface area contributed by atoms with Gasteiger partial charge in [0.2, 0.25) is 10.3 Å². The molecule has 0 aliphatic carbocycles. The summed E-state index contributed by atoms with van der Waals surface area (Å²) in [5.41, 5.74) is 0. The largest absolute Gasteiger partial charge is 0.479 e. The lowest BCUT2D eigenvalue weighted by Gasteiger charge is -2.01. The SMILES string of the molecule is CCOC(=S)SCc1nnc(C(F)(F)F)o1. The molecule has 1 aromatic rings. The number of thiocarbonyl (C=S) groups is 1. The maximum absolute atomic E-state index is 12.1.